The summed E-state index contributed by atoms with van der Waals surface area (Å²) in [5.41, 5.74) is 0. The molecule has 0 aliphatic heterocycles. The van der Waals surface area contributed by atoms with E-state index in [-0.39, 0.29) is 0 Å². The molecule has 1 N–H and O–H groups in total. The molecule has 2 rings (SSSR count). The maximum Gasteiger partial charge on any atom is 0.0131 e. The molecule has 0 saturated heterocycles. The van der Waals surface area contributed by atoms with E-state index in [1.54, 1.807) is 0 Å². The average Bonchev–Trinajstić information content (AvgIpc) is 2.65. The standard InChI is InChI=1S/C11H19N/c1-12-6-2-3-10-7-9-4-5-11(10)8-9/h2-3,9-12H,4-8H2,1H3/b3-2+. The van der Waals surface area contributed by atoms with Crippen molar-refractivity contribution in [2.75, 3.05) is 13.6 Å². The molecule has 1 nitrogen and oxygen atoms in total. The van der Waals surface area contributed by atoms with Crippen LogP contribution in [0.5, 0.6) is 0 Å². The average molecular weight is 165 g/mol. The van der Waals surface area contributed by atoms with Gasteiger partial charge >= 0.3 is 0 Å². The van der Waals surface area contributed by atoms with Crippen LogP contribution in [-0.4, -0.2) is 13.6 Å². The molecule has 0 radical (unpaired) electrons. The van der Waals surface area contributed by atoms with Gasteiger partial charge < -0.3 is 5.32 Å². The predicted molar refractivity (Wildman–Crippen MR) is 52.0 cm³/mol. The van der Waals surface area contributed by atoms with E-state index in [0.717, 1.165) is 24.3 Å². The minimum absolute atomic E-state index is 0.928. The number of hydrogen-bond donors (Lipinski definition) is 1. The number of allylic oxidation sites excluding steroid dienone is 1. The SMILES string of the molecule is CNC/C=C/C1CC2CCC1C2. The van der Waals surface area contributed by atoms with Gasteiger partial charge in [-0.15, -0.1) is 0 Å². The number of nitrogens with one attached hydrogen (secondary N) is 1. The van der Waals surface area contributed by atoms with Crippen molar-refractivity contribution in [3.8, 4) is 0 Å². The second-order valence-electron chi connectivity index (χ2n) is 4.32. The van der Waals surface area contributed by atoms with Crippen molar-refractivity contribution in [3.63, 3.8) is 0 Å². The number of likely N-dealkylation sites (N-methyl/N-ethyl adjacent to an activating group) is 1. The molecule has 2 saturated carbocycles. The molecule has 0 amide bonds. The Morgan fingerprint density at radius 1 is 1.33 bits per heavy atom. The molecule has 3 unspecified atom stereocenters. The number of fused-ring (bicyclic) bond motifs is 2. The quantitative estimate of drug-likeness (QED) is 0.632. The third-order valence-electron chi connectivity index (χ3n) is 3.50. The van der Waals surface area contributed by atoms with Crippen LogP contribution in [0, 0.1) is 17.8 Å². The summed E-state index contributed by atoms with van der Waals surface area (Å²) < 4.78 is 0. The van der Waals surface area contributed by atoms with Crippen LogP contribution < -0.4 is 5.32 Å². The maximum absolute atomic E-state index is 3.15. The Labute approximate surface area is 75.2 Å². The van der Waals surface area contributed by atoms with Gasteiger partial charge in [-0.25, -0.2) is 0 Å². The second kappa shape index (κ2) is 3.61. The fourth-order valence-electron chi connectivity index (χ4n) is 2.89. The monoisotopic (exact) mass is 165 g/mol. The van der Waals surface area contributed by atoms with Crippen LogP contribution in [-0.2, 0) is 0 Å². The third-order valence-corrected chi connectivity index (χ3v) is 3.50. The van der Waals surface area contributed by atoms with Crippen LogP contribution in [0.1, 0.15) is 25.7 Å². The highest BCUT2D eigenvalue weighted by Crippen LogP contribution is 2.48. The zero-order valence-electron chi connectivity index (χ0n) is 7.92. The summed E-state index contributed by atoms with van der Waals surface area (Å²) >= 11 is 0. The summed E-state index contributed by atoms with van der Waals surface area (Å²) in [6, 6.07) is 0. The summed E-state index contributed by atoms with van der Waals surface area (Å²) in [5.74, 6) is 3.06. The Balaban J connectivity index is 1.82. The van der Waals surface area contributed by atoms with Crippen molar-refractivity contribution in [2.24, 2.45) is 17.8 Å². The fraction of sp³-hybridized carbons (Fsp3) is 0.818. The molecule has 1 heteroatoms. The highest BCUT2D eigenvalue weighted by molar-refractivity contribution is 5.01. The van der Waals surface area contributed by atoms with Gasteiger partial charge in [0.2, 0.25) is 0 Å². The smallest absolute Gasteiger partial charge is 0.0131 e. The Morgan fingerprint density at radius 2 is 2.25 bits per heavy atom. The zero-order valence-corrected chi connectivity index (χ0v) is 7.92. The molecular weight excluding hydrogens is 146 g/mol. The lowest BCUT2D eigenvalue weighted by atomic mass is 9.88. The van der Waals surface area contributed by atoms with Crippen molar-refractivity contribution in [2.45, 2.75) is 25.7 Å². The molecule has 0 aromatic carbocycles. The molecule has 2 bridgehead atoms. The van der Waals surface area contributed by atoms with Gasteiger partial charge in [-0.1, -0.05) is 18.6 Å². The Kier molecular flexibility index (Phi) is 2.50. The van der Waals surface area contributed by atoms with E-state index in [4.69, 9.17) is 0 Å². The van der Waals surface area contributed by atoms with Gasteiger partial charge in [0.05, 0.1) is 0 Å². The summed E-state index contributed by atoms with van der Waals surface area (Å²) in [6.07, 6.45) is 10.8. The molecule has 0 aromatic rings. The van der Waals surface area contributed by atoms with E-state index in [2.05, 4.69) is 17.5 Å². The fourth-order valence-corrected chi connectivity index (χ4v) is 2.89. The summed E-state index contributed by atoms with van der Waals surface area (Å²) in [6.45, 7) is 1.04. The minimum atomic E-state index is 0.928. The molecular formula is C11H19N. The van der Waals surface area contributed by atoms with Crippen LogP contribution in [0.4, 0.5) is 0 Å². The molecule has 68 valence electrons. The van der Waals surface area contributed by atoms with E-state index < -0.39 is 0 Å². The molecule has 2 aliphatic rings. The molecule has 2 aliphatic carbocycles. The van der Waals surface area contributed by atoms with Crippen molar-refractivity contribution in [1.82, 2.24) is 5.32 Å². The molecule has 0 spiro atoms. The Morgan fingerprint density at radius 3 is 2.83 bits per heavy atom. The van der Waals surface area contributed by atoms with Gasteiger partial charge in [0, 0.05) is 6.54 Å². The largest absolute Gasteiger partial charge is 0.316 e. The van der Waals surface area contributed by atoms with Gasteiger partial charge in [-0.3, -0.25) is 0 Å². The lowest BCUT2D eigenvalue weighted by Gasteiger charge is -2.17. The van der Waals surface area contributed by atoms with Crippen LogP contribution in [0.15, 0.2) is 12.2 Å². The van der Waals surface area contributed by atoms with Crippen LogP contribution in [0.25, 0.3) is 0 Å². The summed E-state index contributed by atoms with van der Waals surface area (Å²) in [5, 5.41) is 3.15. The normalized spacial score (nSPS) is 39.9. The lowest BCUT2D eigenvalue weighted by Crippen LogP contribution is -2.09. The van der Waals surface area contributed by atoms with E-state index in [0.29, 0.717) is 0 Å². The predicted octanol–water partition coefficient (Wildman–Crippen LogP) is 2.20. The zero-order chi connectivity index (χ0) is 8.39. The lowest BCUT2D eigenvalue weighted by molar-refractivity contribution is 0.394. The van der Waals surface area contributed by atoms with E-state index in [1.807, 2.05) is 7.05 Å². The van der Waals surface area contributed by atoms with Gasteiger partial charge in [0.25, 0.3) is 0 Å². The van der Waals surface area contributed by atoms with Gasteiger partial charge in [-0.2, -0.15) is 0 Å². The first kappa shape index (κ1) is 8.31. The van der Waals surface area contributed by atoms with Crippen LogP contribution in [0.2, 0.25) is 0 Å². The number of rotatable bonds is 3. The second-order valence-corrected chi connectivity index (χ2v) is 4.32. The number of hydrogen-bond acceptors (Lipinski definition) is 1. The van der Waals surface area contributed by atoms with E-state index >= 15 is 0 Å². The van der Waals surface area contributed by atoms with Crippen molar-refractivity contribution in [3.05, 3.63) is 12.2 Å². The first-order chi connectivity index (χ1) is 5.90. The molecule has 2 fully saturated rings. The van der Waals surface area contributed by atoms with Gasteiger partial charge in [-0.05, 0) is 44.1 Å². The van der Waals surface area contributed by atoms with Gasteiger partial charge in [0.15, 0.2) is 0 Å². The molecule has 3 atom stereocenters. The Hall–Kier alpha value is -0.300. The van der Waals surface area contributed by atoms with Gasteiger partial charge in [0.1, 0.15) is 0 Å². The summed E-state index contributed by atoms with van der Waals surface area (Å²) in [4.78, 5) is 0. The van der Waals surface area contributed by atoms with Crippen molar-refractivity contribution >= 4 is 0 Å². The molecule has 12 heavy (non-hydrogen) atoms. The van der Waals surface area contributed by atoms with Crippen LogP contribution >= 0.6 is 0 Å². The topological polar surface area (TPSA) is 12.0 Å². The Bertz CT molecular complexity index is 174. The molecule has 0 aromatic heterocycles. The minimum Gasteiger partial charge on any atom is -0.316 e. The van der Waals surface area contributed by atoms with E-state index in [9.17, 15) is 0 Å². The summed E-state index contributed by atoms with van der Waals surface area (Å²) in [7, 11) is 2.01. The first-order valence-corrected chi connectivity index (χ1v) is 5.21. The maximum atomic E-state index is 3.15. The van der Waals surface area contributed by atoms with E-state index in [1.165, 1.54) is 25.7 Å². The highest BCUT2D eigenvalue weighted by Gasteiger charge is 2.37. The molecule has 0 heterocycles. The van der Waals surface area contributed by atoms with Crippen molar-refractivity contribution in [1.29, 1.82) is 0 Å². The third kappa shape index (κ3) is 1.56. The highest BCUT2D eigenvalue weighted by atomic mass is 14.8. The van der Waals surface area contributed by atoms with Crippen molar-refractivity contribution < 1.29 is 0 Å². The first-order valence-electron chi connectivity index (χ1n) is 5.21. The van der Waals surface area contributed by atoms with Crippen LogP contribution in [0.3, 0.4) is 0 Å².